The zero-order chi connectivity index (χ0) is 27.5. The largest absolute Gasteiger partial charge is 0.489 e. The summed E-state index contributed by atoms with van der Waals surface area (Å²) >= 11 is 0. The predicted octanol–water partition coefficient (Wildman–Crippen LogP) is 5.62. The van der Waals surface area contributed by atoms with E-state index in [-0.39, 0.29) is 24.5 Å². The number of carbonyl (C=O) groups is 2. The SMILES string of the molecule is O=C(N[C@@H](Cc1ccc(OCc2ccccc2)cc1)C(=O)Oc1ccccc1[N+](=O)[O-])OCc1ccccc1. The Morgan fingerprint density at radius 3 is 1.97 bits per heavy atom. The highest BCUT2D eigenvalue weighted by Gasteiger charge is 2.27. The summed E-state index contributed by atoms with van der Waals surface area (Å²) in [6, 6.07) is 30.2. The minimum Gasteiger partial charge on any atom is -0.489 e. The number of amides is 1. The Bertz CT molecular complexity index is 1390. The minimum absolute atomic E-state index is 0.00600. The van der Waals surface area contributed by atoms with Crippen LogP contribution in [0.2, 0.25) is 0 Å². The molecule has 4 rings (SSSR count). The van der Waals surface area contributed by atoms with E-state index in [0.717, 1.165) is 11.1 Å². The number of nitrogens with zero attached hydrogens (tertiary/aromatic N) is 1. The lowest BCUT2D eigenvalue weighted by Gasteiger charge is -2.18. The van der Waals surface area contributed by atoms with Gasteiger partial charge in [-0.25, -0.2) is 9.59 Å². The third kappa shape index (κ3) is 8.16. The van der Waals surface area contributed by atoms with Crippen molar-refractivity contribution in [1.29, 1.82) is 0 Å². The lowest BCUT2D eigenvalue weighted by molar-refractivity contribution is -0.385. The lowest BCUT2D eigenvalue weighted by Crippen LogP contribution is -2.44. The monoisotopic (exact) mass is 526 g/mol. The molecule has 39 heavy (non-hydrogen) atoms. The van der Waals surface area contributed by atoms with Crippen molar-refractivity contribution in [3.05, 3.63) is 136 Å². The summed E-state index contributed by atoms with van der Waals surface area (Å²) in [4.78, 5) is 36.3. The molecule has 9 heteroatoms. The Balaban J connectivity index is 1.44. The summed E-state index contributed by atoms with van der Waals surface area (Å²) in [6.07, 6.45) is -0.773. The Hall–Kier alpha value is -5.18. The van der Waals surface area contributed by atoms with Crippen molar-refractivity contribution < 1.29 is 28.7 Å². The first kappa shape index (κ1) is 26.9. The zero-order valence-electron chi connectivity index (χ0n) is 20.9. The molecule has 0 unspecified atom stereocenters. The highest BCUT2D eigenvalue weighted by atomic mass is 16.6. The minimum atomic E-state index is -1.18. The Labute approximate surface area is 225 Å². The van der Waals surface area contributed by atoms with Gasteiger partial charge in [-0.3, -0.25) is 10.1 Å². The molecule has 0 aliphatic heterocycles. The maximum absolute atomic E-state index is 13.1. The molecule has 1 N–H and O–H groups in total. The van der Waals surface area contributed by atoms with Gasteiger partial charge in [-0.15, -0.1) is 0 Å². The molecule has 0 fully saturated rings. The van der Waals surface area contributed by atoms with E-state index >= 15 is 0 Å². The van der Waals surface area contributed by atoms with E-state index < -0.39 is 23.0 Å². The first-order chi connectivity index (χ1) is 19.0. The second-order valence-electron chi connectivity index (χ2n) is 8.53. The van der Waals surface area contributed by atoms with Crippen LogP contribution in [0.15, 0.2) is 109 Å². The molecule has 4 aromatic carbocycles. The van der Waals surface area contributed by atoms with E-state index in [1.54, 1.807) is 36.4 Å². The van der Waals surface area contributed by atoms with Gasteiger partial charge in [-0.1, -0.05) is 84.9 Å². The summed E-state index contributed by atoms with van der Waals surface area (Å²) in [5, 5.41) is 13.9. The molecule has 9 nitrogen and oxygen atoms in total. The molecule has 4 aromatic rings. The summed E-state index contributed by atoms with van der Waals surface area (Å²) in [7, 11) is 0. The molecule has 1 amide bonds. The first-order valence-electron chi connectivity index (χ1n) is 12.2. The fourth-order valence-corrected chi connectivity index (χ4v) is 3.67. The smallest absolute Gasteiger partial charge is 0.408 e. The van der Waals surface area contributed by atoms with E-state index in [4.69, 9.17) is 14.2 Å². The van der Waals surface area contributed by atoms with Gasteiger partial charge in [0.15, 0.2) is 0 Å². The van der Waals surface area contributed by atoms with Crippen LogP contribution in [0.25, 0.3) is 0 Å². The number of nitro benzene ring substituents is 1. The van der Waals surface area contributed by atoms with Gasteiger partial charge in [0, 0.05) is 12.5 Å². The number of hydrogen-bond acceptors (Lipinski definition) is 7. The van der Waals surface area contributed by atoms with E-state index in [1.165, 1.54) is 24.3 Å². The quantitative estimate of drug-likeness (QED) is 0.117. The van der Waals surface area contributed by atoms with E-state index in [2.05, 4.69) is 5.32 Å². The average Bonchev–Trinajstić information content (AvgIpc) is 2.96. The fraction of sp³-hybridized carbons (Fsp3) is 0.133. The number of para-hydroxylation sites is 2. The molecule has 1 atom stereocenters. The van der Waals surface area contributed by atoms with Crippen molar-refractivity contribution in [3.8, 4) is 11.5 Å². The van der Waals surface area contributed by atoms with Gasteiger partial charge in [0.25, 0.3) is 0 Å². The van der Waals surface area contributed by atoms with E-state index in [0.29, 0.717) is 17.9 Å². The predicted molar refractivity (Wildman–Crippen MR) is 143 cm³/mol. The van der Waals surface area contributed by atoms with Gasteiger partial charge in [-0.05, 0) is 34.9 Å². The number of ether oxygens (including phenoxy) is 3. The van der Waals surface area contributed by atoms with Crippen LogP contribution in [-0.4, -0.2) is 23.0 Å². The maximum Gasteiger partial charge on any atom is 0.408 e. The zero-order valence-corrected chi connectivity index (χ0v) is 20.9. The van der Waals surface area contributed by atoms with Crippen LogP contribution in [0, 0.1) is 10.1 Å². The first-order valence-corrected chi connectivity index (χ1v) is 12.2. The molecule has 0 aliphatic rings. The summed E-state index contributed by atoms with van der Waals surface area (Å²) in [5.74, 6) is -0.455. The van der Waals surface area contributed by atoms with Gasteiger partial charge in [0.2, 0.25) is 5.75 Å². The highest BCUT2D eigenvalue weighted by molar-refractivity contribution is 5.84. The maximum atomic E-state index is 13.1. The van der Waals surface area contributed by atoms with Crippen molar-refractivity contribution in [2.24, 2.45) is 0 Å². The molecule has 0 heterocycles. The average molecular weight is 527 g/mol. The topological polar surface area (TPSA) is 117 Å². The number of alkyl carbamates (subject to hydrolysis) is 1. The Morgan fingerprint density at radius 2 is 1.33 bits per heavy atom. The van der Waals surface area contributed by atoms with Crippen LogP contribution in [0.3, 0.4) is 0 Å². The van der Waals surface area contributed by atoms with E-state index in [1.807, 2.05) is 48.5 Å². The molecule has 0 aliphatic carbocycles. The molecule has 0 aromatic heterocycles. The van der Waals surface area contributed by atoms with Crippen LogP contribution in [0.1, 0.15) is 16.7 Å². The highest BCUT2D eigenvalue weighted by Crippen LogP contribution is 2.26. The number of nitro groups is 1. The molecule has 0 saturated carbocycles. The third-order valence-corrected chi connectivity index (χ3v) is 5.67. The summed E-state index contributed by atoms with van der Waals surface area (Å²) < 4.78 is 16.4. The van der Waals surface area contributed by atoms with Gasteiger partial charge >= 0.3 is 17.7 Å². The Morgan fingerprint density at radius 1 is 0.744 bits per heavy atom. The molecule has 198 valence electrons. The second-order valence-corrected chi connectivity index (χ2v) is 8.53. The number of benzene rings is 4. The third-order valence-electron chi connectivity index (χ3n) is 5.67. The molecule has 0 radical (unpaired) electrons. The van der Waals surface area contributed by atoms with Crippen molar-refractivity contribution in [2.75, 3.05) is 0 Å². The number of carbonyl (C=O) groups excluding carboxylic acids is 2. The lowest BCUT2D eigenvalue weighted by atomic mass is 10.1. The van der Waals surface area contributed by atoms with Gasteiger partial charge < -0.3 is 19.5 Å². The molecular formula is C30H26N2O7. The molecular weight excluding hydrogens is 500 g/mol. The summed E-state index contributed by atoms with van der Waals surface area (Å²) in [6.45, 7) is 0.409. The standard InChI is InChI=1S/C30H26N2O7/c33-29(39-28-14-8-7-13-27(28)32(35)36)26(31-30(34)38-21-24-11-5-2-6-12-24)19-22-15-17-25(18-16-22)37-20-23-9-3-1-4-10-23/h1-18,26H,19-21H2,(H,31,34)/t26-/m0/s1. The molecule has 0 saturated heterocycles. The van der Waals surface area contributed by atoms with Crippen molar-refractivity contribution in [1.82, 2.24) is 5.32 Å². The van der Waals surface area contributed by atoms with Gasteiger partial charge in [-0.2, -0.15) is 0 Å². The number of nitrogens with one attached hydrogen (secondary N) is 1. The van der Waals surface area contributed by atoms with Gasteiger partial charge in [0.1, 0.15) is 25.0 Å². The van der Waals surface area contributed by atoms with Crippen LogP contribution in [0.5, 0.6) is 11.5 Å². The van der Waals surface area contributed by atoms with Crippen LogP contribution in [0.4, 0.5) is 10.5 Å². The van der Waals surface area contributed by atoms with Crippen LogP contribution in [-0.2, 0) is 29.2 Å². The number of esters is 1. The molecule has 0 bridgehead atoms. The number of hydrogen-bond donors (Lipinski definition) is 1. The van der Waals surface area contributed by atoms with Crippen LogP contribution >= 0.6 is 0 Å². The number of rotatable bonds is 11. The van der Waals surface area contributed by atoms with E-state index in [9.17, 15) is 19.7 Å². The van der Waals surface area contributed by atoms with Crippen LogP contribution < -0.4 is 14.8 Å². The van der Waals surface area contributed by atoms with Gasteiger partial charge in [0.05, 0.1) is 4.92 Å². The Kier molecular flexibility index (Phi) is 9.22. The normalized spacial score (nSPS) is 11.2. The summed E-state index contributed by atoms with van der Waals surface area (Å²) in [5.41, 5.74) is 2.14. The van der Waals surface area contributed by atoms with Crippen molar-refractivity contribution in [2.45, 2.75) is 25.7 Å². The fourth-order valence-electron chi connectivity index (χ4n) is 3.67. The second kappa shape index (κ2) is 13.4. The molecule has 0 spiro atoms. The van der Waals surface area contributed by atoms with Crippen molar-refractivity contribution >= 4 is 17.7 Å². The van der Waals surface area contributed by atoms with Crippen molar-refractivity contribution in [3.63, 3.8) is 0 Å².